The van der Waals surface area contributed by atoms with Gasteiger partial charge in [0.05, 0.1) is 12.1 Å². The van der Waals surface area contributed by atoms with Gasteiger partial charge in [0.1, 0.15) is 5.82 Å². The minimum atomic E-state index is -0.459. The predicted molar refractivity (Wildman–Crippen MR) is 62.3 cm³/mol. The van der Waals surface area contributed by atoms with Crippen molar-refractivity contribution in [3.8, 4) is 0 Å². The molecule has 0 saturated heterocycles. The normalized spacial score (nSPS) is 10.4. The molecule has 0 aliphatic heterocycles. The van der Waals surface area contributed by atoms with Crippen LogP contribution < -0.4 is 5.32 Å². The van der Waals surface area contributed by atoms with E-state index in [-0.39, 0.29) is 18.0 Å². The Balaban J connectivity index is 2.05. The zero-order chi connectivity index (χ0) is 13.1. The van der Waals surface area contributed by atoms with Crippen LogP contribution in [0.3, 0.4) is 0 Å². The van der Waals surface area contributed by atoms with Gasteiger partial charge in [-0.25, -0.2) is 9.07 Å². The lowest BCUT2D eigenvalue weighted by atomic mass is 10.2. The van der Waals surface area contributed by atoms with Crippen molar-refractivity contribution in [3.05, 3.63) is 35.4 Å². The lowest BCUT2D eigenvalue weighted by Gasteiger charge is -2.06. The first-order valence-corrected chi connectivity index (χ1v) is 5.33. The summed E-state index contributed by atoms with van der Waals surface area (Å²) < 4.78 is 14.9. The molecule has 1 amide bonds. The third-order valence-corrected chi connectivity index (χ3v) is 2.43. The van der Waals surface area contributed by atoms with Gasteiger partial charge < -0.3 is 5.32 Å². The standard InChI is InChI=1S/C11H12FN5O/c1-7-3-4-9(8(12)5-7)13-11(18)6-10-14-15-16-17(10)2/h3-5H,6H2,1-2H3,(H,13,18). The van der Waals surface area contributed by atoms with E-state index in [9.17, 15) is 9.18 Å². The number of carbonyl (C=O) groups excluding carboxylic acids is 1. The van der Waals surface area contributed by atoms with Gasteiger partial charge in [-0.05, 0) is 35.0 Å². The molecule has 1 aromatic heterocycles. The maximum absolute atomic E-state index is 13.5. The SMILES string of the molecule is Cc1ccc(NC(=O)Cc2nnnn2C)c(F)c1. The zero-order valence-corrected chi connectivity index (χ0v) is 10.0. The van der Waals surface area contributed by atoms with Gasteiger partial charge in [-0.2, -0.15) is 0 Å². The second-order valence-corrected chi connectivity index (χ2v) is 3.93. The number of amides is 1. The van der Waals surface area contributed by atoms with Crippen LogP contribution in [0.5, 0.6) is 0 Å². The van der Waals surface area contributed by atoms with Gasteiger partial charge >= 0.3 is 0 Å². The van der Waals surface area contributed by atoms with Crippen molar-refractivity contribution in [1.29, 1.82) is 0 Å². The molecule has 7 heteroatoms. The summed E-state index contributed by atoms with van der Waals surface area (Å²) in [5, 5.41) is 13.2. The largest absolute Gasteiger partial charge is 0.323 e. The summed E-state index contributed by atoms with van der Waals surface area (Å²) in [5.74, 6) is -0.407. The van der Waals surface area contributed by atoms with E-state index in [2.05, 4.69) is 20.8 Å². The van der Waals surface area contributed by atoms with Crippen molar-refractivity contribution in [2.45, 2.75) is 13.3 Å². The van der Waals surface area contributed by atoms with Gasteiger partial charge in [-0.3, -0.25) is 4.79 Å². The van der Waals surface area contributed by atoms with Crippen molar-refractivity contribution >= 4 is 11.6 Å². The van der Waals surface area contributed by atoms with E-state index < -0.39 is 5.82 Å². The van der Waals surface area contributed by atoms with E-state index in [0.29, 0.717) is 5.82 Å². The molecule has 2 rings (SSSR count). The molecule has 2 aromatic rings. The average molecular weight is 249 g/mol. The van der Waals surface area contributed by atoms with Crippen molar-refractivity contribution in [2.75, 3.05) is 5.32 Å². The number of hydrogen-bond donors (Lipinski definition) is 1. The van der Waals surface area contributed by atoms with Crippen LogP contribution in [0.15, 0.2) is 18.2 Å². The number of halogens is 1. The smallest absolute Gasteiger partial charge is 0.232 e. The second-order valence-electron chi connectivity index (χ2n) is 3.93. The first-order chi connectivity index (χ1) is 8.56. The first kappa shape index (κ1) is 12.2. The highest BCUT2D eigenvalue weighted by molar-refractivity contribution is 5.91. The highest BCUT2D eigenvalue weighted by Gasteiger charge is 2.11. The van der Waals surface area contributed by atoms with Crippen LogP contribution >= 0.6 is 0 Å². The number of nitrogens with one attached hydrogen (secondary N) is 1. The molecule has 0 atom stereocenters. The molecule has 0 fully saturated rings. The zero-order valence-electron chi connectivity index (χ0n) is 10.0. The molecule has 94 valence electrons. The van der Waals surface area contributed by atoms with E-state index >= 15 is 0 Å². The first-order valence-electron chi connectivity index (χ1n) is 5.33. The Morgan fingerprint density at radius 3 is 2.89 bits per heavy atom. The third-order valence-electron chi connectivity index (χ3n) is 2.43. The van der Waals surface area contributed by atoms with Gasteiger partial charge in [-0.1, -0.05) is 6.07 Å². The number of anilines is 1. The summed E-state index contributed by atoms with van der Waals surface area (Å²) in [5.41, 5.74) is 0.948. The lowest BCUT2D eigenvalue weighted by Crippen LogP contribution is -2.17. The molecule has 6 nitrogen and oxygen atoms in total. The number of aromatic nitrogens is 4. The Bertz CT molecular complexity index is 581. The fourth-order valence-electron chi connectivity index (χ4n) is 1.46. The minimum Gasteiger partial charge on any atom is -0.323 e. The topological polar surface area (TPSA) is 72.7 Å². The molecule has 0 bridgehead atoms. The molecule has 18 heavy (non-hydrogen) atoms. The van der Waals surface area contributed by atoms with Crippen LogP contribution in [0.1, 0.15) is 11.4 Å². The van der Waals surface area contributed by atoms with Crippen LogP contribution in [-0.4, -0.2) is 26.1 Å². The number of benzene rings is 1. The number of hydrogen-bond acceptors (Lipinski definition) is 4. The molecule has 0 saturated carbocycles. The number of nitrogens with zero attached hydrogens (tertiary/aromatic N) is 4. The van der Waals surface area contributed by atoms with Crippen molar-refractivity contribution in [2.24, 2.45) is 7.05 Å². The Kier molecular flexibility index (Phi) is 3.31. The van der Waals surface area contributed by atoms with Gasteiger partial charge in [-0.15, -0.1) is 5.10 Å². The van der Waals surface area contributed by atoms with Crippen LogP contribution in [-0.2, 0) is 18.3 Å². The minimum absolute atomic E-state index is 0.00316. The van der Waals surface area contributed by atoms with Crippen LogP contribution in [0, 0.1) is 12.7 Å². The molecule has 1 aromatic carbocycles. The second kappa shape index (κ2) is 4.91. The summed E-state index contributed by atoms with van der Waals surface area (Å²) in [6.07, 6.45) is -0.00316. The van der Waals surface area contributed by atoms with E-state index in [1.165, 1.54) is 16.8 Å². The number of rotatable bonds is 3. The number of aryl methyl sites for hydroxylation is 2. The summed E-state index contributed by atoms with van der Waals surface area (Å²) in [6, 6.07) is 4.61. The molecule has 0 radical (unpaired) electrons. The van der Waals surface area contributed by atoms with Crippen LogP contribution in [0.2, 0.25) is 0 Å². The Morgan fingerprint density at radius 1 is 1.50 bits per heavy atom. The summed E-state index contributed by atoms with van der Waals surface area (Å²) in [7, 11) is 1.63. The molecule has 0 aliphatic rings. The van der Waals surface area contributed by atoms with Gasteiger partial charge in [0.2, 0.25) is 5.91 Å². The molecular formula is C11H12FN5O. The van der Waals surface area contributed by atoms with E-state index in [4.69, 9.17) is 0 Å². The van der Waals surface area contributed by atoms with Gasteiger partial charge in [0.15, 0.2) is 5.82 Å². The monoisotopic (exact) mass is 249 g/mol. The molecular weight excluding hydrogens is 237 g/mol. The number of tetrazole rings is 1. The van der Waals surface area contributed by atoms with Crippen molar-refractivity contribution in [3.63, 3.8) is 0 Å². The molecule has 0 aliphatic carbocycles. The summed E-state index contributed by atoms with van der Waals surface area (Å²) >= 11 is 0. The quantitative estimate of drug-likeness (QED) is 0.874. The Hall–Kier alpha value is -2.31. The van der Waals surface area contributed by atoms with Crippen LogP contribution in [0.25, 0.3) is 0 Å². The Morgan fingerprint density at radius 2 is 2.28 bits per heavy atom. The highest BCUT2D eigenvalue weighted by Crippen LogP contribution is 2.15. The maximum Gasteiger partial charge on any atom is 0.232 e. The third kappa shape index (κ3) is 2.68. The highest BCUT2D eigenvalue weighted by atomic mass is 19.1. The van der Waals surface area contributed by atoms with E-state index in [0.717, 1.165) is 5.56 Å². The van der Waals surface area contributed by atoms with Gasteiger partial charge in [0.25, 0.3) is 0 Å². The Labute approximate surface area is 103 Å². The van der Waals surface area contributed by atoms with E-state index in [1.54, 1.807) is 20.0 Å². The average Bonchev–Trinajstić information content (AvgIpc) is 2.69. The summed E-state index contributed by atoms with van der Waals surface area (Å²) in [6.45, 7) is 1.78. The van der Waals surface area contributed by atoms with Crippen molar-refractivity contribution < 1.29 is 9.18 Å². The predicted octanol–water partition coefficient (Wildman–Crippen LogP) is 0.839. The molecule has 0 unspecified atom stereocenters. The molecule has 1 heterocycles. The molecule has 0 spiro atoms. The number of carbonyl (C=O) groups is 1. The fraction of sp³-hybridized carbons (Fsp3) is 0.273. The van der Waals surface area contributed by atoms with Crippen molar-refractivity contribution in [1.82, 2.24) is 20.2 Å². The maximum atomic E-state index is 13.5. The van der Waals surface area contributed by atoms with Gasteiger partial charge in [0, 0.05) is 7.05 Å². The van der Waals surface area contributed by atoms with E-state index in [1.807, 2.05) is 0 Å². The van der Waals surface area contributed by atoms with Crippen LogP contribution in [0.4, 0.5) is 10.1 Å². The fourth-order valence-corrected chi connectivity index (χ4v) is 1.46. The lowest BCUT2D eigenvalue weighted by molar-refractivity contribution is -0.115. The molecule has 1 N–H and O–H groups in total. The summed E-state index contributed by atoms with van der Waals surface area (Å²) in [4.78, 5) is 11.7.